The van der Waals surface area contributed by atoms with Crippen LogP contribution in [0, 0.1) is 0 Å². The van der Waals surface area contributed by atoms with E-state index in [1.165, 1.54) is 173 Å². The Morgan fingerprint density at radius 3 is 1.29 bits per heavy atom. The lowest BCUT2D eigenvalue weighted by molar-refractivity contribution is -0.147. The highest BCUT2D eigenvalue weighted by Crippen LogP contribution is 2.17. The first-order valence-electron chi connectivity index (χ1n) is 22.8. The second-order valence-corrected chi connectivity index (χ2v) is 15.7. The monoisotopic (exact) mass is 734 g/mol. The Kier molecular flexibility index (Phi) is 40.4. The number of hydrogen-bond acceptors (Lipinski definition) is 4. The summed E-state index contributed by atoms with van der Waals surface area (Å²) >= 11 is 0. The average molecular weight is 734 g/mol. The average Bonchev–Trinajstić information content (AvgIpc) is 3.13. The third-order valence-corrected chi connectivity index (χ3v) is 10.4. The van der Waals surface area contributed by atoms with Gasteiger partial charge in [-0.1, -0.05) is 206 Å². The van der Waals surface area contributed by atoms with Gasteiger partial charge < -0.3 is 15.2 Å². The zero-order chi connectivity index (χ0) is 38.0. The van der Waals surface area contributed by atoms with Gasteiger partial charge >= 0.3 is 11.9 Å². The molecule has 1 atom stereocenters. The Labute approximate surface area is 322 Å². The molecule has 0 heterocycles. The van der Waals surface area contributed by atoms with Gasteiger partial charge in [0, 0.05) is 12.8 Å². The molecule has 0 saturated heterocycles. The molecule has 0 saturated carbocycles. The fraction of sp³-hybridized carbons (Fsp3) is 0.891. The van der Waals surface area contributed by atoms with Crippen molar-refractivity contribution < 1.29 is 24.2 Å². The van der Waals surface area contributed by atoms with Gasteiger partial charge in [0.05, 0.1) is 0 Å². The Morgan fingerprint density at radius 2 is 0.865 bits per heavy atom. The summed E-state index contributed by atoms with van der Waals surface area (Å²) in [5.41, 5.74) is 0. The van der Waals surface area contributed by atoms with Crippen LogP contribution in [0.3, 0.4) is 0 Å². The Hall–Kier alpha value is -1.85. The zero-order valence-electron chi connectivity index (χ0n) is 34.7. The number of carbonyl (C=O) groups is 3. The number of amides is 1. The number of esters is 1. The maximum atomic E-state index is 12.7. The van der Waals surface area contributed by atoms with Gasteiger partial charge in [-0.3, -0.25) is 14.4 Å². The second-order valence-electron chi connectivity index (χ2n) is 15.7. The van der Waals surface area contributed by atoms with Crippen LogP contribution in [-0.2, 0) is 19.1 Å². The fourth-order valence-electron chi connectivity index (χ4n) is 7.01. The number of carboxylic acids is 1. The Balaban J connectivity index is 3.94. The molecule has 2 N–H and O–H groups in total. The van der Waals surface area contributed by atoms with Gasteiger partial charge in [-0.2, -0.15) is 0 Å². The van der Waals surface area contributed by atoms with Crippen LogP contribution in [-0.4, -0.2) is 35.6 Å². The molecule has 0 aromatic heterocycles. The summed E-state index contributed by atoms with van der Waals surface area (Å²) in [6.45, 7) is 4.22. The van der Waals surface area contributed by atoms with Crippen molar-refractivity contribution in [3.63, 3.8) is 0 Å². The normalized spacial score (nSPS) is 12.0. The van der Waals surface area contributed by atoms with Crippen LogP contribution in [0.15, 0.2) is 12.2 Å². The van der Waals surface area contributed by atoms with Crippen molar-refractivity contribution in [3.8, 4) is 0 Å². The first kappa shape index (κ1) is 50.1. The predicted octanol–water partition coefficient (Wildman–Crippen LogP) is 14.1. The SMILES string of the molecule is CCCCCCCCC/C=C\C(CCCCCCC(=O)NCC(=O)O)OC(=O)CCCCCCCCCCCCCCCCCCCCCCCC. The molecule has 0 fully saturated rings. The van der Waals surface area contributed by atoms with Crippen molar-refractivity contribution in [1.82, 2.24) is 5.32 Å². The minimum atomic E-state index is -1.02. The van der Waals surface area contributed by atoms with Crippen molar-refractivity contribution >= 4 is 17.8 Å². The van der Waals surface area contributed by atoms with Crippen molar-refractivity contribution in [3.05, 3.63) is 12.2 Å². The molecule has 0 spiro atoms. The Morgan fingerprint density at radius 1 is 0.500 bits per heavy atom. The highest BCUT2D eigenvalue weighted by atomic mass is 16.5. The summed E-state index contributed by atoms with van der Waals surface area (Å²) < 4.78 is 5.92. The van der Waals surface area contributed by atoms with Crippen LogP contribution in [0.4, 0.5) is 0 Å². The molecule has 0 radical (unpaired) electrons. The third kappa shape index (κ3) is 40.9. The zero-order valence-corrected chi connectivity index (χ0v) is 34.7. The summed E-state index contributed by atoms with van der Waals surface area (Å²) in [5, 5.41) is 11.1. The third-order valence-electron chi connectivity index (χ3n) is 10.4. The molecule has 1 unspecified atom stereocenters. The number of hydrogen-bond donors (Lipinski definition) is 2. The van der Waals surface area contributed by atoms with E-state index in [1.54, 1.807) is 0 Å². The van der Waals surface area contributed by atoms with E-state index in [2.05, 4.69) is 31.3 Å². The number of nitrogens with one attached hydrogen (secondary N) is 1. The van der Waals surface area contributed by atoms with Crippen LogP contribution in [0.2, 0.25) is 0 Å². The van der Waals surface area contributed by atoms with E-state index in [4.69, 9.17) is 9.84 Å². The molecule has 0 aromatic rings. The van der Waals surface area contributed by atoms with E-state index in [0.717, 1.165) is 51.4 Å². The summed E-state index contributed by atoms with van der Waals surface area (Å²) in [4.78, 5) is 35.0. The van der Waals surface area contributed by atoms with Gasteiger partial charge in [-0.25, -0.2) is 0 Å². The van der Waals surface area contributed by atoms with E-state index in [0.29, 0.717) is 12.8 Å². The summed E-state index contributed by atoms with van der Waals surface area (Å²) in [6.07, 6.45) is 49.4. The van der Waals surface area contributed by atoms with Crippen LogP contribution < -0.4 is 5.32 Å². The molecule has 6 heteroatoms. The van der Waals surface area contributed by atoms with Gasteiger partial charge in [0.1, 0.15) is 12.6 Å². The number of ether oxygens (including phenoxy) is 1. The van der Waals surface area contributed by atoms with Gasteiger partial charge in [0.25, 0.3) is 0 Å². The van der Waals surface area contributed by atoms with Crippen LogP contribution in [0.5, 0.6) is 0 Å². The first-order chi connectivity index (χ1) is 25.5. The van der Waals surface area contributed by atoms with E-state index >= 15 is 0 Å². The minimum Gasteiger partial charge on any atom is -0.480 e. The molecule has 0 aromatic carbocycles. The van der Waals surface area contributed by atoms with Crippen LogP contribution >= 0.6 is 0 Å². The maximum absolute atomic E-state index is 12.7. The number of allylic oxidation sites excluding steroid dienone is 1. The van der Waals surface area contributed by atoms with Gasteiger partial charge in [0.2, 0.25) is 5.91 Å². The molecule has 1 amide bonds. The van der Waals surface area contributed by atoms with Crippen molar-refractivity contribution in [2.75, 3.05) is 6.54 Å². The van der Waals surface area contributed by atoms with Gasteiger partial charge in [-0.05, 0) is 44.6 Å². The van der Waals surface area contributed by atoms with E-state index in [-0.39, 0.29) is 24.5 Å². The lowest BCUT2D eigenvalue weighted by Crippen LogP contribution is -2.28. The van der Waals surface area contributed by atoms with Crippen LogP contribution in [0.25, 0.3) is 0 Å². The van der Waals surface area contributed by atoms with Crippen molar-refractivity contribution in [2.45, 2.75) is 258 Å². The lowest BCUT2D eigenvalue weighted by atomic mass is 10.0. The lowest BCUT2D eigenvalue weighted by Gasteiger charge is -2.15. The molecule has 0 aliphatic rings. The molecular weight excluding hydrogens is 647 g/mol. The highest BCUT2D eigenvalue weighted by Gasteiger charge is 2.12. The first-order valence-corrected chi connectivity index (χ1v) is 22.8. The number of aliphatic carboxylic acids is 1. The smallest absolute Gasteiger partial charge is 0.322 e. The summed E-state index contributed by atoms with van der Waals surface area (Å²) in [7, 11) is 0. The molecular formula is C46H87NO5. The fourth-order valence-corrected chi connectivity index (χ4v) is 7.01. The van der Waals surface area contributed by atoms with Crippen molar-refractivity contribution in [1.29, 1.82) is 0 Å². The van der Waals surface area contributed by atoms with Gasteiger partial charge in [-0.15, -0.1) is 0 Å². The molecule has 0 bridgehead atoms. The second kappa shape index (κ2) is 41.9. The molecule has 0 rings (SSSR count). The number of rotatable bonds is 42. The topological polar surface area (TPSA) is 92.7 Å². The predicted molar refractivity (Wildman–Crippen MR) is 222 cm³/mol. The van der Waals surface area contributed by atoms with Crippen molar-refractivity contribution in [2.24, 2.45) is 0 Å². The standard InChI is InChI=1S/C46H87NO5/c1-3-5-7-9-11-13-14-15-16-17-18-19-20-21-22-23-24-25-27-29-31-37-41-46(51)52-43(38-34-30-28-26-12-10-8-6-4-2)39-35-32-33-36-40-44(48)47-42-45(49)50/h34,38,43H,3-33,35-37,39-42H2,1-2H3,(H,47,48)(H,49,50)/b38-34-. The molecule has 6 nitrogen and oxygen atoms in total. The number of unbranched alkanes of at least 4 members (excludes halogenated alkanes) is 31. The van der Waals surface area contributed by atoms with E-state index < -0.39 is 5.97 Å². The molecule has 0 aliphatic heterocycles. The van der Waals surface area contributed by atoms with Gasteiger partial charge in [0.15, 0.2) is 0 Å². The minimum absolute atomic E-state index is 0.0751. The Bertz CT molecular complexity index is 813. The summed E-state index contributed by atoms with van der Waals surface area (Å²) in [6, 6.07) is 0. The molecule has 52 heavy (non-hydrogen) atoms. The maximum Gasteiger partial charge on any atom is 0.322 e. The highest BCUT2D eigenvalue weighted by molar-refractivity contribution is 5.80. The van der Waals surface area contributed by atoms with E-state index in [9.17, 15) is 14.4 Å². The number of carboxylic acid groups (broad SMARTS) is 1. The largest absolute Gasteiger partial charge is 0.480 e. The summed E-state index contributed by atoms with van der Waals surface area (Å²) in [5.74, 6) is -1.31. The number of carbonyl (C=O) groups excluding carboxylic acids is 2. The molecule has 306 valence electrons. The quantitative estimate of drug-likeness (QED) is 0.0370. The van der Waals surface area contributed by atoms with Crippen LogP contribution in [0.1, 0.15) is 251 Å². The van der Waals surface area contributed by atoms with E-state index in [1.807, 2.05) is 0 Å². The molecule has 0 aliphatic carbocycles.